The second kappa shape index (κ2) is 6.04. The van der Waals surface area contributed by atoms with Crippen molar-refractivity contribution < 1.29 is 18.8 Å². The van der Waals surface area contributed by atoms with Gasteiger partial charge in [-0.15, -0.1) is 0 Å². The zero-order valence-electron chi connectivity index (χ0n) is 13.6. The van der Waals surface area contributed by atoms with E-state index in [-0.39, 0.29) is 24.8 Å². The van der Waals surface area contributed by atoms with Crippen molar-refractivity contribution in [1.82, 2.24) is 20.3 Å². The summed E-state index contributed by atoms with van der Waals surface area (Å²) < 4.78 is 10.2. The molecule has 8 nitrogen and oxygen atoms in total. The number of aromatic nitrogens is 3. The molecule has 0 aliphatic carbocycles. The van der Waals surface area contributed by atoms with Crippen molar-refractivity contribution in [2.24, 2.45) is 0 Å². The molecule has 1 aliphatic rings. The Kier molecular flexibility index (Phi) is 3.72. The normalized spacial score (nSPS) is 13.7. The summed E-state index contributed by atoms with van der Waals surface area (Å²) in [6.45, 7) is 2.76. The monoisotopic (exact) mass is 340 g/mol. The number of esters is 1. The Morgan fingerprint density at radius 1 is 1.40 bits per heavy atom. The first-order chi connectivity index (χ1) is 12.2. The third kappa shape index (κ3) is 2.65. The van der Waals surface area contributed by atoms with Crippen LogP contribution in [0.25, 0.3) is 10.9 Å². The molecule has 0 unspecified atom stereocenters. The number of nitrogens with one attached hydrogen (secondary N) is 1. The first-order valence-electron chi connectivity index (χ1n) is 8.04. The van der Waals surface area contributed by atoms with Gasteiger partial charge in [0, 0.05) is 29.5 Å². The summed E-state index contributed by atoms with van der Waals surface area (Å²) in [7, 11) is 0. The molecule has 2 aromatic heterocycles. The van der Waals surface area contributed by atoms with E-state index in [2.05, 4.69) is 15.4 Å². The number of ether oxygens (including phenoxy) is 1. The summed E-state index contributed by atoms with van der Waals surface area (Å²) in [6, 6.07) is 5.40. The van der Waals surface area contributed by atoms with E-state index in [0.29, 0.717) is 29.9 Å². The van der Waals surface area contributed by atoms with Gasteiger partial charge in [-0.3, -0.25) is 9.89 Å². The Hall–Kier alpha value is -3.16. The van der Waals surface area contributed by atoms with E-state index < -0.39 is 5.97 Å². The summed E-state index contributed by atoms with van der Waals surface area (Å²) in [4.78, 5) is 26.5. The molecule has 1 amide bonds. The van der Waals surface area contributed by atoms with Gasteiger partial charge in [0.25, 0.3) is 5.91 Å². The number of nitrogens with zero attached hydrogens (tertiary/aromatic N) is 3. The van der Waals surface area contributed by atoms with Gasteiger partial charge >= 0.3 is 5.97 Å². The van der Waals surface area contributed by atoms with E-state index in [1.54, 1.807) is 30.2 Å². The lowest BCUT2D eigenvalue weighted by molar-refractivity contribution is 0.0510. The van der Waals surface area contributed by atoms with Crippen molar-refractivity contribution in [3.63, 3.8) is 0 Å². The highest BCUT2D eigenvalue weighted by Crippen LogP contribution is 2.25. The molecular weight excluding hydrogens is 324 g/mol. The molecule has 128 valence electrons. The van der Waals surface area contributed by atoms with Crippen LogP contribution in [0.3, 0.4) is 0 Å². The summed E-state index contributed by atoms with van der Waals surface area (Å²) in [6.07, 6.45) is 2.22. The second-order valence-electron chi connectivity index (χ2n) is 5.80. The Morgan fingerprint density at radius 3 is 3.12 bits per heavy atom. The fourth-order valence-corrected chi connectivity index (χ4v) is 2.99. The van der Waals surface area contributed by atoms with Crippen LogP contribution in [0.1, 0.15) is 39.1 Å². The van der Waals surface area contributed by atoms with Crippen molar-refractivity contribution in [2.75, 3.05) is 13.2 Å². The third-order valence-corrected chi connectivity index (χ3v) is 4.27. The first-order valence-corrected chi connectivity index (χ1v) is 8.04. The zero-order valence-corrected chi connectivity index (χ0v) is 13.6. The molecule has 8 heteroatoms. The van der Waals surface area contributed by atoms with Gasteiger partial charge in [-0.05, 0) is 19.1 Å². The quantitative estimate of drug-likeness (QED) is 0.731. The van der Waals surface area contributed by atoms with Crippen LogP contribution in [0.5, 0.6) is 0 Å². The molecule has 4 rings (SSSR count). The van der Waals surface area contributed by atoms with Crippen LogP contribution >= 0.6 is 0 Å². The minimum Gasteiger partial charge on any atom is -0.461 e. The zero-order chi connectivity index (χ0) is 17.4. The maximum absolute atomic E-state index is 12.8. The summed E-state index contributed by atoms with van der Waals surface area (Å²) in [5.41, 5.74) is 2.15. The number of hydrogen-bond donors (Lipinski definition) is 1. The molecule has 0 bridgehead atoms. The molecule has 0 saturated carbocycles. The predicted molar refractivity (Wildman–Crippen MR) is 87.0 cm³/mol. The molecule has 0 atom stereocenters. The molecule has 0 spiro atoms. The maximum Gasteiger partial charge on any atom is 0.360 e. The number of carbonyl (C=O) groups excluding carboxylic acids is 2. The summed E-state index contributed by atoms with van der Waals surface area (Å²) in [5.74, 6) is -0.00467. The number of carbonyl (C=O) groups is 2. The lowest BCUT2D eigenvalue weighted by Crippen LogP contribution is -2.36. The van der Waals surface area contributed by atoms with Crippen LogP contribution < -0.4 is 0 Å². The molecule has 3 aromatic rings. The highest BCUT2D eigenvalue weighted by molar-refractivity contribution is 5.98. The smallest absolute Gasteiger partial charge is 0.360 e. The maximum atomic E-state index is 12.8. The Labute approximate surface area is 142 Å². The summed E-state index contributed by atoms with van der Waals surface area (Å²) >= 11 is 0. The number of fused-ring (bicyclic) bond motifs is 2. The van der Waals surface area contributed by atoms with Crippen molar-refractivity contribution >= 4 is 22.8 Å². The van der Waals surface area contributed by atoms with Crippen molar-refractivity contribution in [1.29, 1.82) is 0 Å². The third-order valence-electron chi connectivity index (χ3n) is 4.27. The van der Waals surface area contributed by atoms with Gasteiger partial charge in [-0.2, -0.15) is 5.10 Å². The molecule has 3 heterocycles. The molecule has 1 N–H and O–H groups in total. The molecule has 1 aromatic carbocycles. The van der Waals surface area contributed by atoms with Gasteiger partial charge in [-0.1, -0.05) is 11.2 Å². The Balaban J connectivity index is 1.60. The van der Waals surface area contributed by atoms with E-state index in [0.717, 1.165) is 10.9 Å². The van der Waals surface area contributed by atoms with Crippen LogP contribution in [0.4, 0.5) is 0 Å². The average Bonchev–Trinajstić information content (AvgIpc) is 3.26. The van der Waals surface area contributed by atoms with Gasteiger partial charge in [0.2, 0.25) is 0 Å². The van der Waals surface area contributed by atoms with Crippen molar-refractivity contribution in [3.05, 3.63) is 47.0 Å². The summed E-state index contributed by atoms with van der Waals surface area (Å²) in [5, 5.41) is 11.6. The van der Waals surface area contributed by atoms with E-state index in [9.17, 15) is 9.59 Å². The number of hydrogen-bond acceptors (Lipinski definition) is 6. The lowest BCUT2D eigenvalue weighted by atomic mass is 10.0. The SMILES string of the molecule is CCOC(=O)c1noc2c1CN(C(=O)c1ccc3cn[nH]c3c1)CC2. The molecule has 0 radical (unpaired) electrons. The highest BCUT2D eigenvalue weighted by atomic mass is 16.5. The number of H-pyrrole nitrogens is 1. The minimum absolute atomic E-state index is 0.113. The minimum atomic E-state index is -0.527. The fraction of sp³-hybridized carbons (Fsp3) is 0.294. The van der Waals surface area contributed by atoms with Gasteiger partial charge in [-0.25, -0.2) is 4.79 Å². The molecular formula is C17H16N4O4. The van der Waals surface area contributed by atoms with Gasteiger partial charge < -0.3 is 14.2 Å². The van der Waals surface area contributed by atoms with E-state index in [1.165, 1.54) is 0 Å². The molecule has 1 aliphatic heterocycles. The van der Waals surface area contributed by atoms with Crippen LogP contribution in [0.2, 0.25) is 0 Å². The van der Waals surface area contributed by atoms with E-state index in [1.807, 2.05) is 6.07 Å². The van der Waals surface area contributed by atoms with E-state index in [4.69, 9.17) is 9.26 Å². The highest BCUT2D eigenvalue weighted by Gasteiger charge is 2.30. The number of rotatable bonds is 3. The van der Waals surface area contributed by atoms with Crippen LogP contribution in [0, 0.1) is 0 Å². The van der Waals surface area contributed by atoms with E-state index >= 15 is 0 Å². The molecule has 25 heavy (non-hydrogen) atoms. The number of aromatic amines is 1. The fourth-order valence-electron chi connectivity index (χ4n) is 2.99. The van der Waals surface area contributed by atoms with Crippen LogP contribution in [0.15, 0.2) is 28.9 Å². The van der Waals surface area contributed by atoms with Crippen molar-refractivity contribution in [2.45, 2.75) is 19.9 Å². The standard InChI is InChI=1S/C17H16N4O4/c1-2-24-17(23)15-12-9-21(6-5-14(12)25-20-15)16(22)10-3-4-11-8-18-19-13(11)7-10/h3-4,7-8H,2,5-6,9H2,1H3,(H,18,19). The predicted octanol–water partition coefficient (Wildman–Crippen LogP) is 1.93. The lowest BCUT2D eigenvalue weighted by Gasteiger charge is -2.26. The van der Waals surface area contributed by atoms with Gasteiger partial charge in [0.05, 0.1) is 24.9 Å². The second-order valence-corrected chi connectivity index (χ2v) is 5.80. The molecule has 0 saturated heterocycles. The van der Waals surface area contributed by atoms with Gasteiger partial charge in [0.15, 0.2) is 5.69 Å². The topological polar surface area (TPSA) is 101 Å². The Morgan fingerprint density at radius 2 is 2.28 bits per heavy atom. The molecule has 0 fully saturated rings. The van der Waals surface area contributed by atoms with Gasteiger partial charge in [0.1, 0.15) is 5.76 Å². The number of benzene rings is 1. The van der Waals surface area contributed by atoms with Crippen LogP contribution in [-0.2, 0) is 17.7 Å². The Bertz CT molecular complexity index is 959. The van der Waals surface area contributed by atoms with Crippen molar-refractivity contribution in [3.8, 4) is 0 Å². The first kappa shape index (κ1) is 15.4. The average molecular weight is 340 g/mol. The van der Waals surface area contributed by atoms with Crippen LogP contribution in [-0.4, -0.2) is 45.3 Å². The number of amides is 1. The largest absolute Gasteiger partial charge is 0.461 e.